The van der Waals surface area contributed by atoms with E-state index < -0.39 is 0 Å². The van der Waals surface area contributed by atoms with Gasteiger partial charge in [-0.15, -0.1) is 6.58 Å². The number of ether oxygens (including phenoxy) is 1. The van der Waals surface area contributed by atoms with Crippen LogP contribution in [0.5, 0.6) is 6.01 Å². The Kier molecular flexibility index (Phi) is 4.74. The van der Waals surface area contributed by atoms with Gasteiger partial charge in [0.05, 0.1) is 6.61 Å². The van der Waals surface area contributed by atoms with Crippen LogP contribution in [-0.4, -0.2) is 16.6 Å². The van der Waals surface area contributed by atoms with E-state index in [1.54, 1.807) is 0 Å². The largest absolute Gasteiger partial charge is 0.463 e. The molecule has 0 aliphatic carbocycles. The molecule has 0 bridgehead atoms. The molecule has 0 aliphatic heterocycles. The fraction of sp³-hybridized carbons (Fsp3) is 0.500. The van der Waals surface area contributed by atoms with Crippen LogP contribution < -0.4 is 4.74 Å². The number of rotatable bonds is 5. The summed E-state index contributed by atoms with van der Waals surface area (Å²) in [6, 6.07) is 0.356. The highest BCUT2D eigenvalue weighted by Gasteiger charge is 2.06. The van der Waals surface area contributed by atoms with E-state index in [0.29, 0.717) is 17.8 Å². The normalized spacial score (nSPS) is 10.2. The first kappa shape index (κ1) is 13.0. The first-order valence-corrected chi connectivity index (χ1v) is 5.66. The summed E-state index contributed by atoms with van der Waals surface area (Å²) in [4.78, 5) is 8.27. The number of aryl methyl sites for hydroxylation is 1. The van der Waals surface area contributed by atoms with Crippen molar-refractivity contribution in [2.24, 2.45) is 0 Å². The molecule has 0 spiro atoms. The van der Waals surface area contributed by atoms with Gasteiger partial charge in [-0.05, 0) is 33.6 Å². The number of hydrogen-bond donors (Lipinski definition) is 0. The molecule has 1 aromatic heterocycles. The van der Waals surface area contributed by atoms with Crippen LogP contribution in [0, 0.1) is 13.8 Å². The van der Waals surface area contributed by atoms with Crippen molar-refractivity contribution in [1.82, 2.24) is 9.97 Å². The molecule has 0 fully saturated rings. The maximum atomic E-state index is 5.94. The molecule has 0 amide bonds. The molecule has 1 aromatic rings. The summed E-state index contributed by atoms with van der Waals surface area (Å²) in [5.74, 6) is 0. The van der Waals surface area contributed by atoms with Gasteiger partial charge in [-0.1, -0.05) is 17.2 Å². The molecule has 0 saturated carbocycles. The minimum absolute atomic E-state index is 0.356. The molecule has 88 valence electrons. The number of allylic oxidation sites excluding steroid dienone is 1. The summed E-state index contributed by atoms with van der Waals surface area (Å²) in [5.41, 5.74) is 2.91. The van der Waals surface area contributed by atoms with E-state index in [1.165, 1.54) is 0 Å². The lowest BCUT2D eigenvalue weighted by Crippen LogP contribution is -2.03. The number of aromatic nitrogens is 2. The van der Waals surface area contributed by atoms with Gasteiger partial charge in [0, 0.05) is 11.3 Å². The molecule has 0 atom stereocenters. The summed E-state index contributed by atoms with van der Waals surface area (Å²) in [7, 11) is 0. The quantitative estimate of drug-likeness (QED) is 0.449. The zero-order valence-electron chi connectivity index (χ0n) is 10.0. The SMILES string of the molecule is C=C(C)CCCOc1nc(C)c(C)c(Cl)n1. The Labute approximate surface area is 102 Å². The van der Waals surface area contributed by atoms with Crippen molar-refractivity contribution in [2.75, 3.05) is 6.61 Å². The molecule has 0 unspecified atom stereocenters. The van der Waals surface area contributed by atoms with Gasteiger partial charge in [-0.2, -0.15) is 4.98 Å². The first-order valence-electron chi connectivity index (χ1n) is 5.28. The van der Waals surface area contributed by atoms with Crippen molar-refractivity contribution in [3.8, 4) is 6.01 Å². The zero-order valence-corrected chi connectivity index (χ0v) is 10.8. The Bertz CT molecular complexity index is 368. The molecule has 16 heavy (non-hydrogen) atoms. The second-order valence-electron chi connectivity index (χ2n) is 3.92. The molecule has 1 heterocycles. The van der Waals surface area contributed by atoms with Crippen LogP contribution in [0.25, 0.3) is 0 Å². The Balaban J connectivity index is 2.52. The third kappa shape index (κ3) is 3.81. The average Bonchev–Trinajstić information content (AvgIpc) is 2.20. The van der Waals surface area contributed by atoms with E-state index in [2.05, 4.69) is 16.5 Å². The lowest BCUT2D eigenvalue weighted by Gasteiger charge is -2.07. The van der Waals surface area contributed by atoms with Crippen LogP contribution in [0.3, 0.4) is 0 Å². The predicted octanol–water partition coefficient (Wildman–Crippen LogP) is 3.48. The van der Waals surface area contributed by atoms with Crippen LogP contribution in [0.4, 0.5) is 0 Å². The predicted molar refractivity (Wildman–Crippen MR) is 66.1 cm³/mol. The van der Waals surface area contributed by atoms with Crippen molar-refractivity contribution >= 4 is 11.6 Å². The van der Waals surface area contributed by atoms with Crippen LogP contribution in [0.2, 0.25) is 5.15 Å². The molecule has 3 nitrogen and oxygen atoms in total. The maximum Gasteiger partial charge on any atom is 0.318 e. The third-order valence-electron chi connectivity index (χ3n) is 2.29. The molecule has 1 rings (SSSR count). The van der Waals surface area contributed by atoms with Gasteiger partial charge in [0.1, 0.15) is 5.15 Å². The highest BCUT2D eigenvalue weighted by atomic mass is 35.5. The third-order valence-corrected chi connectivity index (χ3v) is 2.66. The summed E-state index contributed by atoms with van der Waals surface area (Å²) in [5, 5.41) is 0.461. The summed E-state index contributed by atoms with van der Waals surface area (Å²) in [6.07, 6.45) is 1.88. The van der Waals surface area contributed by atoms with Gasteiger partial charge in [0.2, 0.25) is 0 Å². The van der Waals surface area contributed by atoms with Gasteiger partial charge in [0.25, 0.3) is 0 Å². The first-order chi connectivity index (χ1) is 7.50. The highest BCUT2D eigenvalue weighted by Crippen LogP contribution is 2.18. The van der Waals surface area contributed by atoms with Gasteiger partial charge in [-0.25, -0.2) is 4.98 Å². The van der Waals surface area contributed by atoms with Gasteiger partial charge >= 0.3 is 6.01 Å². The minimum Gasteiger partial charge on any atom is -0.463 e. The van der Waals surface area contributed by atoms with Crippen LogP contribution in [-0.2, 0) is 0 Å². The maximum absolute atomic E-state index is 5.94. The molecule has 0 N–H and O–H groups in total. The highest BCUT2D eigenvalue weighted by molar-refractivity contribution is 6.30. The fourth-order valence-corrected chi connectivity index (χ4v) is 1.38. The Morgan fingerprint density at radius 3 is 2.62 bits per heavy atom. The molecule has 4 heteroatoms. The lowest BCUT2D eigenvalue weighted by atomic mass is 10.2. The average molecular weight is 241 g/mol. The van der Waals surface area contributed by atoms with E-state index >= 15 is 0 Å². The summed E-state index contributed by atoms with van der Waals surface area (Å²) in [6.45, 7) is 10.2. The van der Waals surface area contributed by atoms with E-state index in [-0.39, 0.29) is 0 Å². The number of nitrogens with zero attached hydrogens (tertiary/aromatic N) is 2. The molecule has 0 radical (unpaired) electrons. The van der Waals surface area contributed by atoms with Crippen LogP contribution in [0.15, 0.2) is 12.2 Å². The summed E-state index contributed by atoms with van der Waals surface area (Å²) >= 11 is 5.94. The zero-order chi connectivity index (χ0) is 12.1. The Hall–Kier alpha value is -1.09. The minimum atomic E-state index is 0.356. The van der Waals surface area contributed by atoms with Crippen molar-refractivity contribution in [3.05, 3.63) is 28.6 Å². The number of hydrogen-bond acceptors (Lipinski definition) is 3. The monoisotopic (exact) mass is 240 g/mol. The van der Waals surface area contributed by atoms with Gasteiger partial charge in [-0.3, -0.25) is 0 Å². The Morgan fingerprint density at radius 2 is 2.06 bits per heavy atom. The molecule has 0 saturated heterocycles. The fourth-order valence-electron chi connectivity index (χ4n) is 1.17. The standard InChI is InChI=1S/C12H17ClN2O/c1-8(2)6-5-7-16-12-14-10(4)9(3)11(13)15-12/h1,5-7H2,2-4H3. The summed E-state index contributed by atoms with van der Waals surface area (Å²) < 4.78 is 5.43. The van der Waals surface area contributed by atoms with Gasteiger partial charge in [0.15, 0.2) is 0 Å². The van der Waals surface area contributed by atoms with E-state index in [9.17, 15) is 0 Å². The van der Waals surface area contributed by atoms with Crippen molar-refractivity contribution in [1.29, 1.82) is 0 Å². The van der Waals surface area contributed by atoms with Crippen molar-refractivity contribution < 1.29 is 4.74 Å². The van der Waals surface area contributed by atoms with Crippen LogP contribution in [0.1, 0.15) is 31.0 Å². The second kappa shape index (κ2) is 5.85. The molecule has 0 aliphatic rings. The second-order valence-corrected chi connectivity index (χ2v) is 4.27. The van der Waals surface area contributed by atoms with E-state index in [1.807, 2.05) is 20.8 Å². The molecular formula is C12H17ClN2O. The number of halogens is 1. The van der Waals surface area contributed by atoms with E-state index in [4.69, 9.17) is 16.3 Å². The molecular weight excluding hydrogens is 224 g/mol. The van der Waals surface area contributed by atoms with Gasteiger partial charge < -0.3 is 4.74 Å². The molecule has 0 aromatic carbocycles. The van der Waals surface area contributed by atoms with Crippen molar-refractivity contribution in [2.45, 2.75) is 33.6 Å². The van der Waals surface area contributed by atoms with Crippen LogP contribution >= 0.6 is 11.6 Å². The topological polar surface area (TPSA) is 35.0 Å². The lowest BCUT2D eigenvalue weighted by molar-refractivity contribution is 0.286. The van der Waals surface area contributed by atoms with Crippen molar-refractivity contribution in [3.63, 3.8) is 0 Å². The van der Waals surface area contributed by atoms with E-state index in [0.717, 1.165) is 29.7 Å². The Morgan fingerprint density at radius 1 is 1.38 bits per heavy atom. The smallest absolute Gasteiger partial charge is 0.318 e.